The fourth-order valence-corrected chi connectivity index (χ4v) is 3.42. The largest absolute Gasteiger partial charge is 0.507 e. The highest BCUT2D eigenvalue weighted by molar-refractivity contribution is 5.85. The molecule has 0 unspecified atom stereocenters. The zero-order valence-corrected chi connectivity index (χ0v) is 16.6. The number of carbonyl (C=O) groups is 3. The number of nitrogens with zero attached hydrogens (tertiary/aromatic N) is 1. The lowest BCUT2D eigenvalue weighted by Gasteiger charge is -2.32. The van der Waals surface area contributed by atoms with E-state index in [-0.39, 0.29) is 35.2 Å². The third-order valence-corrected chi connectivity index (χ3v) is 4.97. The third kappa shape index (κ3) is 4.71. The Kier molecular flexibility index (Phi) is 6.90. The molecule has 1 heterocycles. The van der Waals surface area contributed by atoms with Gasteiger partial charge in [0.2, 0.25) is 0 Å². The van der Waals surface area contributed by atoms with E-state index in [2.05, 4.69) is 0 Å². The van der Waals surface area contributed by atoms with Gasteiger partial charge in [-0.1, -0.05) is 12.1 Å². The first-order valence-electron chi connectivity index (χ1n) is 9.56. The van der Waals surface area contributed by atoms with Crippen molar-refractivity contribution in [3.63, 3.8) is 0 Å². The summed E-state index contributed by atoms with van der Waals surface area (Å²) in [5.74, 6) is 0.668. The Hall–Kier alpha value is -3.55. The van der Waals surface area contributed by atoms with Gasteiger partial charge in [0.15, 0.2) is 12.6 Å². The van der Waals surface area contributed by atoms with Crippen LogP contribution >= 0.6 is 0 Å². The number of likely N-dealkylation sites (tertiary alicyclic amines) is 1. The zero-order valence-electron chi connectivity index (χ0n) is 16.6. The second-order valence-corrected chi connectivity index (χ2v) is 6.93. The summed E-state index contributed by atoms with van der Waals surface area (Å²) in [6, 6.07) is 9.42. The van der Waals surface area contributed by atoms with Crippen LogP contribution in [0.1, 0.15) is 33.6 Å². The summed E-state index contributed by atoms with van der Waals surface area (Å²) in [7, 11) is 1.44. The topological polar surface area (TPSA) is 102 Å². The number of phenolic OH excluding ortho intramolecular Hbond substituents is 1. The predicted octanol–water partition coefficient (Wildman–Crippen LogP) is 3.32. The lowest BCUT2D eigenvalue weighted by Crippen LogP contribution is -2.43. The SMILES string of the molecule is COc1cccc(OC(=O)N2CCC[C@@H](COc3cccc(O)c3C=O)C2)c1C=O. The Morgan fingerprint density at radius 3 is 2.53 bits per heavy atom. The summed E-state index contributed by atoms with van der Waals surface area (Å²) in [5, 5.41) is 9.75. The normalized spacial score (nSPS) is 15.9. The van der Waals surface area contributed by atoms with Crippen LogP contribution in [-0.4, -0.2) is 55.5 Å². The van der Waals surface area contributed by atoms with Crippen LogP contribution in [0.3, 0.4) is 0 Å². The molecular formula is C22H23NO7. The Labute approximate surface area is 174 Å². The minimum Gasteiger partial charge on any atom is -0.507 e. The van der Waals surface area contributed by atoms with Gasteiger partial charge in [-0.25, -0.2) is 4.79 Å². The van der Waals surface area contributed by atoms with Crippen molar-refractivity contribution < 1.29 is 33.7 Å². The van der Waals surface area contributed by atoms with E-state index >= 15 is 0 Å². The summed E-state index contributed by atoms with van der Waals surface area (Å²) >= 11 is 0. The van der Waals surface area contributed by atoms with Gasteiger partial charge >= 0.3 is 6.09 Å². The summed E-state index contributed by atoms with van der Waals surface area (Å²) in [5.41, 5.74) is 0.277. The van der Waals surface area contributed by atoms with E-state index in [1.54, 1.807) is 29.2 Å². The molecule has 2 aromatic rings. The fraction of sp³-hybridized carbons (Fsp3) is 0.318. The number of methoxy groups -OCH3 is 1. The molecule has 1 atom stereocenters. The standard InChI is InChI=1S/C22H23NO7/c1-28-19-7-3-9-21(17(19)13-25)30-22(27)23-10-4-5-15(11-23)14-29-20-8-2-6-18(26)16(20)12-24/h2-3,6-9,12-13,15,26H,4-5,10-11,14H2,1H3/t15-/m1/s1. The van der Waals surface area contributed by atoms with Crippen LogP contribution in [-0.2, 0) is 0 Å². The number of hydrogen-bond acceptors (Lipinski definition) is 7. The number of phenols is 1. The van der Waals surface area contributed by atoms with Crippen LogP contribution in [0.4, 0.5) is 4.79 Å². The van der Waals surface area contributed by atoms with Gasteiger partial charge in [0.05, 0.1) is 24.8 Å². The lowest BCUT2D eigenvalue weighted by molar-refractivity contribution is 0.107. The Morgan fingerprint density at radius 1 is 1.10 bits per heavy atom. The van der Waals surface area contributed by atoms with Gasteiger partial charge in [-0.05, 0) is 37.1 Å². The summed E-state index contributed by atoms with van der Waals surface area (Å²) in [6.07, 6.45) is 2.20. The average Bonchev–Trinajstić information content (AvgIpc) is 2.77. The summed E-state index contributed by atoms with van der Waals surface area (Å²) in [4.78, 5) is 36.7. The quantitative estimate of drug-likeness (QED) is 0.695. The number of rotatable bonds is 7. The first kappa shape index (κ1) is 21.2. The van der Waals surface area contributed by atoms with E-state index in [0.717, 1.165) is 12.8 Å². The molecule has 1 aliphatic rings. The van der Waals surface area contributed by atoms with Crippen molar-refractivity contribution in [2.75, 3.05) is 26.8 Å². The van der Waals surface area contributed by atoms with E-state index in [0.29, 0.717) is 37.2 Å². The first-order valence-corrected chi connectivity index (χ1v) is 9.56. The molecule has 1 fully saturated rings. The molecule has 0 aromatic heterocycles. The zero-order chi connectivity index (χ0) is 21.5. The highest BCUT2D eigenvalue weighted by atomic mass is 16.6. The Balaban J connectivity index is 1.62. The minimum absolute atomic E-state index is 0.0315. The first-order chi connectivity index (χ1) is 14.6. The second kappa shape index (κ2) is 9.78. The Bertz CT molecular complexity index is 928. The Morgan fingerprint density at radius 2 is 1.80 bits per heavy atom. The molecule has 3 rings (SSSR count). The molecule has 158 valence electrons. The number of amides is 1. The molecule has 0 radical (unpaired) electrons. The van der Waals surface area contributed by atoms with E-state index in [9.17, 15) is 19.5 Å². The monoisotopic (exact) mass is 413 g/mol. The van der Waals surface area contributed by atoms with Gasteiger partial charge in [-0.3, -0.25) is 9.59 Å². The van der Waals surface area contributed by atoms with Crippen LogP contribution in [0.25, 0.3) is 0 Å². The number of aldehydes is 2. The molecule has 1 amide bonds. The van der Waals surface area contributed by atoms with E-state index in [1.807, 2.05) is 0 Å². The molecule has 0 spiro atoms. The van der Waals surface area contributed by atoms with Crippen LogP contribution in [0, 0.1) is 5.92 Å². The minimum atomic E-state index is -0.554. The third-order valence-electron chi connectivity index (χ3n) is 4.97. The average molecular weight is 413 g/mol. The van der Waals surface area contributed by atoms with Gasteiger partial charge in [-0.2, -0.15) is 0 Å². The molecule has 8 heteroatoms. The number of benzene rings is 2. The van der Waals surface area contributed by atoms with E-state index in [4.69, 9.17) is 14.2 Å². The van der Waals surface area contributed by atoms with Crippen molar-refractivity contribution in [1.82, 2.24) is 4.90 Å². The molecule has 1 N–H and O–H groups in total. The molecule has 1 saturated heterocycles. The van der Waals surface area contributed by atoms with Crippen LogP contribution < -0.4 is 14.2 Å². The highest BCUT2D eigenvalue weighted by Gasteiger charge is 2.26. The number of piperidine rings is 1. The maximum atomic E-state index is 12.6. The lowest BCUT2D eigenvalue weighted by atomic mass is 9.99. The van der Waals surface area contributed by atoms with E-state index < -0.39 is 6.09 Å². The van der Waals surface area contributed by atoms with E-state index in [1.165, 1.54) is 19.2 Å². The molecule has 0 saturated carbocycles. The molecule has 8 nitrogen and oxygen atoms in total. The van der Waals surface area contributed by atoms with Crippen molar-refractivity contribution in [2.24, 2.45) is 5.92 Å². The van der Waals surface area contributed by atoms with Crippen molar-refractivity contribution in [1.29, 1.82) is 0 Å². The van der Waals surface area contributed by atoms with Crippen LogP contribution in [0.15, 0.2) is 36.4 Å². The molecule has 0 aliphatic carbocycles. The van der Waals surface area contributed by atoms with Crippen molar-refractivity contribution >= 4 is 18.7 Å². The smallest absolute Gasteiger partial charge is 0.415 e. The molecule has 30 heavy (non-hydrogen) atoms. The summed E-state index contributed by atoms with van der Waals surface area (Å²) in [6.45, 7) is 1.22. The van der Waals surface area contributed by atoms with Crippen molar-refractivity contribution in [3.05, 3.63) is 47.5 Å². The predicted molar refractivity (Wildman–Crippen MR) is 108 cm³/mol. The molecular weight excluding hydrogens is 390 g/mol. The van der Waals surface area contributed by atoms with Gasteiger partial charge in [0.1, 0.15) is 23.0 Å². The second-order valence-electron chi connectivity index (χ2n) is 6.93. The van der Waals surface area contributed by atoms with Gasteiger partial charge < -0.3 is 24.2 Å². The van der Waals surface area contributed by atoms with Gasteiger partial charge in [-0.15, -0.1) is 0 Å². The maximum absolute atomic E-state index is 12.6. The molecule has 0 bridgehead atoms. The number of hydrogen-bond donors (Lipinski definition) is 1. The summed E-state index contributed by atoms with van der Waals surface area (Å²) < 4.78 is 16.3. The van der Waals surface area contributed by atoms with Gasteiger partial charge in [0.25, 0.3) is 0 Å². The van der Waals surface area contributed by atoms with Gasteiger partial charge in [0, 0.05) is 19.0 Å². The number of aromatic hydroxyl groups is 1. The van der Waals surface area contributed by atoms with Crippen LogP contribution in [0.2, 0.25) is 0 Å². The maximum Gasteiger partial charge on any atom is 0.415 e. The molecule has 1 aliphatic heterocycles. The van der Waals surface area contributed by atoms with Crippen molar-refractivity contribution in [2.45, 2.75) is 12.8 Å². The number of carbonyl (C=O) groups excluding carboxylic acids is 3. The highest BCUT2D eigenvalue weighted by Crippen LogP contribution is 2.29. The van der Waals surface area contributed by atoms with Crippen LogP contribution in [0.5, 0.6) is 23.0 Å². The fourth-order valence-electron chi connectivity index (χ4n) is 3.42. The van der Waals surface area contributed by atoms with Crippen molar-refractivity contribution in [3.8, 4) is 23.0 Å². The number of ether oxygens (including phenoxy) is 3. The molecule has 2 aromatic carbocycles.